The van der Waals surface area contributed by atoms with E-state index in [1.54, 1.807) is 39.6 Å². The minimum atomic E-state index is -1.28. The van der Waals surface area contributed by atoms with Crippen LogP contribution in [0.1, 0.15) is 49.6 Å². The van der Waals surface area contributed by atoms with Gasteiger partial charge in [-0.05, 0) is 35.7 Å². The largest absolute Gasteiger partial charge is 0.328 e. The van der Waals surface area contributed by atoms with Crippen molar-refractivity contribution in [2.75, 3.05) is 13.1 Å². The van der Waals surface area contributed by atoms with Crippen LogP contribution in [0, 0.1) is 5.82 Å². The van der Waals surface area contributed by atoms with Crippen molar-refractivity contribution >= 4 is 17.5 Å². The molecule has 5 heterocycles. The quantitative estimate of drug-likeness (QED) is 0.434. The fourth-order valence-electron chi connectivity index (χ4n) is 5.20. The van der Waals surface area contributed by atoms with Crippen LogP contribution in [0.2, 0.25) is 0 Å². The molecule has 1 saturated heterocycles. The number of rotatable bonds is 3. The number of H-pyrrole nitrogens is 1. The molecule has 2 amide bonds. The van der Waals surface area contributed by atoms with Crippen molar-refractivity contribution in [3.8, 4) is 11.3 Å². The Labute approximate surface area is 205 Å². The number of piperazine rings is 1. The number of carbonyl (C=O) groups is 2. The number of fused-ring (bicyclic) bond motifs is 5. The molecule has 1 N–H and O–H groups in total. The van der Waals surface area contributed by atoms with Gasteiger partial charge in [0.1, 0.15) is 11.5 Å². The smallest absolute Gasteiger partial charge is 0.314 e. The van der Waals surface area contributed by atoms with Gasteiger partial charge >= 0.3 is 11.6 Å². The number of tetrazole rings is 1. The molecule has 12 heteroatoms. The zero-order valence-electron chi connectivity index (χ0n) is 20.4. The molecular formula is C24H25FN9O2+. The molecule has 1 unspecified atom stereocenters. The van der Waals surface area contributed by atoms with Gasteiger partial charge in [0.05, 0.1) is 12.1 Å². The molecule has 3 aromatic heterocycles. The minimum absolute atomic E-state index is 0.188. The molecule has 0 saturated carbocycles. The Morgan fingerprint density at radius 2 is 1.92 bits per heavy atom. The van der Waals surface area contributed by atoms with Crippen LogP contribution in [-0.4, -0.2) is 64.9 Å². The van der Waals surface area contributed by atoms with Crippen LogP contribution in [0.15, 0.2) is 36.5 Å². The Balaban J connectivity index is 1.55. The lowest BCUT2D eigenvalue weighted by molar-refractivity contribution is -0.733. The van der Waals surface area contributed by atoms with E-state index < -0.39 is 5.66 Å². The third kappa shape index (κ3) is 3.06. The maximum absolute atomic E-state index is 13.9. The van der Waals surface area contributed by atoms with Crippen LogP contribution >= 0.6 is 0 Å². The predicted octanol–water partition coefficient (Wildman–Crippen LogP) is 1.41. The van der Waals surface area contributed by atoms with Crippen LogP contribution in [-0.2, 0) is 22.4 Å². The second-order valence-corrected chi connectivity index (χ2v) is 10.4. The van der Waals surface area contributed by atoms with Crippen LogP contribution in [0.4, 0.5) is 4.39 Å². The van der Waals surface area contributed by atoms with Crippen LogP contribution in [0.25, 0.3) is 16.9 Å². The number of nitrogens with one attached hydrogen (secondary N) is 1. The number of nitrogens with zero attached hydrogens (tertiary/aromatic N) is 8. The van der Waals surface area contributed by atoms with Gasteiger partial charge in [-0.25, -0.2) is 4.39 Å². The number of imidazole rings is 1. The Hall–Kier alpha value is -4.22. The summed E-state index contributed by atoms with van der Waals surface area (Å²) in [4.78, 5) is 30.8. The third-order valence-corrected chi connectivity index (χ3v) is 7.03. The summed E-state index contributed by atoms with van der Waals surface area (Å²) >= 11 is 0. The average Bonchev–Trinajstić information content (AvgIpc) is 3.53. The summed E-state index contributed by atoms with van der Waals surface area (Å²) in [5.74, 6) is -0.381. The van der Waals surface area contributed by atoms with Gasteiger partial charge in [-0.2, -0.15) is 9.78 Å². The first-order chi connectivity index (χ1) is 17.1. The Morgan fingerprint density at radius 1 is 1.17 bits per heavy atom. The number of hydrogen-bond acceptors (Lipinski definition) is 6. The summed E-state index contributed by atoms with van der Waals surface area (Å²) in [6, 6.07) is 8.09. The van der Waals surface area contributed by atoms with Gasteiger partial charge < -0.3 is 4.90 Å². The first-order valence-corrected chi connectivity index (χ1v) is 11.7. The van der Waals surface area contributed by atoms with E-state index in [2.05, 4.69) is 41.4 Å². The van der Waals surface area contributed by atoms with Crippen molar-refractivity contribution in [1.29, 1.82) is 0 Å². The van der Waals surface area contributed by atoms with Crippen molar-refractivity contribution in [1.82, 2.24) is 40.0 Å². The van der Waals surface area contributed by atoms with Gasteiger partial charge in [0, 0.05) is 25.6 Å². The number of aromatic amines is 1. The zero-order valence-corrected chi connectivity index (χ0v) is 20.4. The molecule has 36 heavy (non-hydrogen) atoms. The van der Waals surface area contributed by atoms with Crippen LogP contribution in [0.3, 0.4) is 0 Å². The molecule has 4 aromatic rings. The van der Waals surface area contributed by atoms with Crippen LogP contribution < -0.4 is 4.57 Å². The summed E-state index contributed by atoms with van der Waals surface area (Å²) < 4.78 is 17.0. The highest BCUT2D eigenvalue weighted by Crippen LogP contribution is 2.36. The molecule has 2 aliphatic heterocycles. The average molecular weight is 491 g/mol. The Kier molecular flexibility index (Phi) is 4.57. The van der Waals surface area contributed by atoms with Crippen molar-refractivity contribution in [3.63, 3.8) is 0 Å². The second-order valence-electron chi connectivity index (χ2n) is 10.4. The highest BCUT2D eigenvalue weighted by molar-refractivity contribution is 5.99. The summed E-state index contributed by atoms with van der Waals surface area (Å²) in [6.07, 6.45) is 1.68. The van der Waals surface area contributed by atoms with Crippen molar-refractivity contribution < 1.29 is 18.5 Å². The third-order valence-electron chi connectivity index (χ3n) is 7.03. The standard InChI is InChI=1S/C24H25FN9O2/c1-23(2,3)16-11-17(14-5-7-15(25)8-6-14)28-33-12-18-21(35)32-10-9-31(13-19-26-29-30-27-19)22(36)24(32,4)34(18)20(16)33/h5-8,11-12H,9-10,13H2,1-4H3,(H,26,27,29,30)/q+1. The molecule has 1 atom stereocenters. The number of aromatic nitrogens is 7. The number of carbonyl (C=O) groups excluding carboxylic acids is 2. The topological polar surface area (TPSA) is 116 Å². The molecule has 1 aromatic carbocycles. The SMILES string of the molecule is CC(C)(C)c1cc(-c2ccc(F)cc2)nn2cc3[n+](c12)C1(C)C(=O)N(Cc2nn[nH]n2)CCN1C3=O. The Morgan fingerprint density at radius 3 is 2.58 bits per heavy atom. The van der Waals surface area contributed by atoms with E-state index in [0.717, 1.165) is 11.1 Å². The van der Waals surface area contributed by atoms with Crippen molar-refractivity contribution in [2.45, 2.75) is 45.3 Å². The molecule has 0 spiro atoms. The fourth-order valence-corrected chi connectivity index (χ4v) is 5.20. The van der Waals surface area contributed by atoms with E-state index in [0.29, 0.717) is 35.9 Å². The monoisotopic (exact) mass is 490 g/mol. The van der Waals surface area contributed by atoms with E-state index in [1.807, 2.05) is 10.6 Å². The number of halogens is 1. The lowest BCUT2D eigenvalue weighted by Gasteiger charge is -2.41. The predicted molar refractivity (Wildman–Crippen MR) is 124 cm³/mol. The number of amides is 2. The van der Waals surface area contributed by atoms with Gasteiger partial charge in [0.2, 0.25) is 5.69 Å². The highest BCUT2D eigenvalue weighted by Gasteiger charge is 2.62. The van der Waals surface area contributed by atoms with Crippen molar-refractivity contribution in [2.24, 2.45) is 0 Å². The van der Waals surface area contributed by atoms with Gasteiger partial charge in [0.25, 0.3) is 11.6 Å². The number of benzene rings is 1. The first-order valence-electron chi connectivity index (χ1n) is 11.7. The highest BCUT2D eigenvalue weighted by atomic mass is 19.1. The summed E-state index contributed by atoms with van der Waals surface area (Å²) in [7, 11) is 0. The molecule has 11 nitrogen and oxygen atoms in total. The number of hydrogen-bond donors (Lipinski definition) is 1. The second kappa shape index (κ2) is 7.39. The van der Waals surface area contributed by atoms with E-state index in [9.17, 15) is 14.0 Å². The van der Waals surface area contributed by atoms with E-state index in [-0.39, 0.29) is 29.6 Å². The van der Waals surface area contributed by atoms with Gasteiger partial charge in [0.15, 0.2) is 12.0 Å². The molecule has 0 bridgehead atoms. The lowest BCUT2D eigenvalue weighted by atomic mass is 9.87. The minimum Gasteiger partial charge on any atom is -0.328 e. The maximum Gasteiger partial charge on any atom is 0.314 e. The fraction of sp³-hybridized carbons (Fsp3) is 0.375. The molecule has 1 fully saturated rings. The zero-order chi connectivity index (χ0) is 25.4. The Bertz CT molecular complexity index is 1520. The van der Waals surface area contributed by atoms with Crippen molar-refractivity contribution in [3.05, 3.63) is 59.4 Å². The van der Waals surface area contributed by atoms with Gasteiger partial charge in [-0.15, -0.1) is 10.2 Å². The lowest BCUT2D eigenvalue weighted by Crippen LogP contribution is -2.71. The first kappa shape index (κ1) is 22.3. The summed E-state index contributed by atoms with van der Waals surface area (Å²) in [5.41, 5.74) is 1.72. The van der Waals surface area contributed by atoms with E-state index >= 15 is 0 Å². The molecule has 0 aliphatic carbocycles. The molecule has 0 radical (unpaired) electrons. The molecule has 184 valence electrons. The summed E-state index contributed by atoms with van der Waals surface area (Å²) in [5, 5.41) is 18.7. The summed E-state index contributed by atoms with van der Waals surface area (Å²) in [6.45, 7) is 8.90. The van der Waals surface area contributed by atoms with E-state index in [4.69, 9.17) is 5.10 Å². The van der Waals surface area contributed by atoms with Gasteiger partial charge in [-0.3, -0.25) is 14.5 Å². The van der Waals surface area contributed by atoms with Crippen LogP contribution in [0.5, 0.6) is 0 Å². The normalized spacial score (nSPS) is 19.8. The molecule has 6 rings (SSSR count). The van der Waals surface area contributed by atoms with Gasteiger partial charge in [-0.1, -0.05) is 35.6 Å². The molecular weight excluding hydrogens is 465 g/mol. The maximum atomic E-state index is 13.9. The van der Waals surface area contributed by atoms with E-state index in [1.165, 1.54) is 12.1 Å². The molecule has 2 aliphatic rings.